The largest absolute Gasteiger partial charge is 0.469 e. The SMILES string of the molecule is COC(=O)CCNCc1ccc(C)c(F)c1. The van der Waals surface area contributed by atoms with Gasteiger partial charge in [-0.3, -0.25) is 4.79 Å². The van der Waals surface area contributed by atoms with Crippen LogP contribution in [-0.4, -0.2) is 19.6 Å². The standard InChI is InChI=1S/C12H16FNO2/c1-9-3-4-10(7-11(9)13)8-14-6-5-12(15)16-2/h3-4,7,14H,5-6,8H2,1-2H3. The second-order valence-corrected chi connectivity index (χ2v) is 3.59. The number of hydrogen-bond donors (Lipinski definition) is 1. The molecule has 88 valence electrons. The van der Waals surface area contributed by atoms with E-state index in [1.165, 1.54) is 13.2 Å². The molecular formula is C12H16FNO2. The van der Waals surface area contributed by atoms with Crippen LogP contribution >= 0.6 is 0 Å². The topological polar surface area (TPSA) is 38.3 Å². The van der Waals surface area contributed by atoms with Crippen LogP contribution in [0.15, 0.2) is 18.2 Å². The highest BCUT2D eigenvalue weighted by molar-refractivity contribution is 5.69. The Balaban J connectivity index is 2.32. The number of carbonyl (C=O) groups is 1. The molecule has 0 aromatic heterocycles. The minimum Gasteiger partial charge on any atom is -0.469 e. The fraction of sp³-hybridized carbons (Fsp3) is 0.417. The summed E-state index contributed by atoms with van der Waals surface area (Å²) >= 11 is 0. The van der Waals surface area contributed by atoms with Crippen molar-refractivity contribution >= 4 is 5.97 Å². The maximum absolute atomic E-state index is 13.2. The maximum Gasteiger partial charge on any atom is 0.306 e. The summed E-state index contributed by atoms with van der Waals surface area (Å²) < 4.78 is 17.7. The van der Waals surface area contributed by atoms with Crippen LogP contribution in [0.1, 0.15) is 17.5 Å². The van der Waals surface area contributed by atoms with Gasteiger partial charge in [0, 0.05) is 13.1 Å². The molecule has 3 nitrogen and oxygen atoms in total. The van der Waals surface area contributed by atoms with Crippen molar-refractivity contribution < 1.29 is 13.9 Å². The van der Waals surface area contributed by atoms with Crippen LogP contribution in [0.4, 0.5) is 4.39 Å². The van der Waals surface area contributed by atoms with Gasteiger partial charge in [0.1, 0.15) is 5.82 Å². The first-order valence-corrected chi connectivity index (χ1v) is 5.16. The first kappa shape index (κ1) is 12.6. The van der Waals surface area contributed by atoms with Gasteiger partial charge in [-0.2, -0.15) is 0 Å². The van der Waals surface area contributed by atoms with Crippen LogP contribution in [0.2, 0.25) is 0 Å². The van der Waals surface area contributed by atoms with E-state index in [4.69, 9.17) is 0 Å². The molecule has 0 saturated heterocycles. The van der Waals surface area contributed by atoms with Crippen LogP contribution in [0.25, 0.3) is 0 Å². The molecule has 0 bridgehead atoms. The number of halogens is 1. The number of methoxy groups -OCH3 is 1. The van der Waals surface area contributed by atoms with Crippen molar-refractivity contribution in [2.75, 3.05) is 13.7 Å². The summed E-state index contributed by atoms with van der Waals surface area (Å²) in [7, 11) is 1.36. The lowest BCUT2D eigenvalue weighted by atomic mass is 10.1. The zero-order valence-electron chi connectivity index (χ0n) is 9.55. The number of carbonyl (C=O) groups excluding carboxylic acids is 1. The molecule has 1 N–H and O–H groups in total. The first-order chi connectivity index (χ1) is 7.63. The van der Waals surface area contributed by atoms with Crippen molar-refractivity contribution in [3.05, 3.63) is 35.1 Å². The smallest absolute Gasteiger partial charge is 0.306 e. The molecule has 1 aromatic carbocycles. The average Bonchev–Trinajstić information content (AvgIpc) is 2.28. The summed E-state index contributed by atoms with van der Waals surface area (Å²) in [6.07, 6.45) is 0.324. The third-order valence-corrected chi connectivity index (χ3v) is 2.30. The number of ether oxygens (including phenoxy) is 1. The molecule has 4 heteroatoms. The quantitative estimate of drug-likeness (QED) is 0.613. The van der Waals surface area contributed by atoms with E-state index in [1.54, 1.807) is 13.0 Å². The lowest BCUT2D eigenvalue weighted by Gasteiger charge is -2.05. The zero-order chi connectivity index (χ0) is 12.0. The lowest BCUT2D eigenvalue weighted by molar-refractivity contribution is -0.140. The second kappa shape index (κ2) is 6.23. The van der Waals surface area contributed by atoms with Gasteiger partial charge < -0.3 is 10.1 Å². The average molecular weight is 225 g/mol. The molecule has 0 heterocycles. The highest BCUT2D eigenvalue weighted by atomic mass is 19.1. The van der Waals surface area contributed by atoms with Gasteiger partial charge in [-0.05, 0) is 24.1 Å². The Labute approximate surface area is 94.6 Å². The Morgan fingerprint density at radius 3 is 2.88 bits per heavy atom. The third kappa shape index (κ3) is 3.98. The summed E-state index contributed by atoms with van der Waals surface area (Å²) in [5, 5.41) is 3.05. The van der Waals surface area contributed by atoms with Crippen molar-refractivity contribution in [3.8, 4) is 0 Å². The van der Waals surface area contributed by atoms with Crippen molar-refractivity contribution in [2.24, 2.45) is 0 Å². The minimum absolute atomic E-state index is 0.202. The van der Waals surface area contributed by atoms with Crippen molar-refractivity contribution in [1.82, 2.24) is 5.32 Å². The second-order valence-electron chi connectivity index (χ2n) is 3.59. The van der Waals surface area contributed by atoms with Gasteiger partial charge >= 0.3 is 5.97 Å². The number of hydrogen-bond acceptors (Lipinski definition) is 3. The van der Waals surface area contributed by atoms with Gasteiger partial charge in [-0.1, -0.05) is 12.1 Å². The maximum atomic E-state index is 13.2. The van der Waals surface area contributed by atoms with Crippen molar-refractivity contribution in [2.45, 2.75) is 19.9 Å². The van der Waals surface area contributed by atoms with E-state index in [2.05, 4.69) is 10.1 Å². The fourth-order valence-corrected chi connectivity index (χ4v) is 1.27. The Kier molecular flexibility index (Phi) is 4.92. The van der Waals surface area contributed by atoms with Crippen molar-refractivity contribution in [1.29, 1.82) is 0 Å². The molecule has 0 aliphatic carbocycles. The molecule has 0 fully saturated rings. The summed E-state index contributed by atoms with van der Waals surface area (Å²) in [6, 6.07) is 5.11. The molecule has 0 amide bonds. The monoisotopic (exact) mass is 225 g/mol. The Hall–Kier alpha value is -1.42. The van der Waals surface area contributed by atoms with Crippen molar-refractivity contribution in [3.63, 3.8) is 0 Å². The Morgan fingerprint density at radius 1 is 1.50 bits per heavy atom. The molecule has 0 atom stereocenters. The molecular weight excluding hydrogens is 209 g/mol. The first-order valence-electron chi connectivity index (χ1n) is 5.16. The van der Waals surface area contributed by atoms with Crippen LogP contribution in [0.3, 0.4) is 0 Å². The zero-order valence-corrected chi connectivity index (χ0v) is 9.55. The normalized spacial score (nSPS) is 10.2. The van der Waals surface area contributed by atoms with Crippen LogP contribution < -0.4 is 5.32 Å². The number of aryl methyl sites for hydroxylation is 1. The predicted molar refractivity (Wildman–Crippen MR) is 59.5 cm³/mol. The van der Waals surface area contributed by atoms with E-state index in [-0.39, 0.29) is 11.8 Å². The molecule has 1 aromatic rings. The van der Waals surface area contributed by atoms with Gasteiger partial charge in [0.15, 0.2) is 0 Å². The third-order valence-electron chi connectivity index (χ3n) is 2.30. The van der Waals surface area contributed by atoms with Gasteiger partial charge in [-0.25, -0.2) is 4.39 Å². The minimum atomic E-state index is -0.248. The number of esters is 1. The van der Waals surface area contributed by atoms with E-state index in [1.807, 2.05) is 6.07 Å². The van der Waals surface area contributed by atoms with Crippen LogP contribution in [0, 0.1) is 12.7 Å². The Bertz CT molecular complexity index is 366. The van der Waals surface area contributed by atoms with E-state index < -0.39 is 0 Å². The van der Waals surface area contributed by atoms with E-state index >= 15 is 0 Å². The summed E-state index contributed by atoms with van der Waals surface area (Å²) in [6.45, 7) is 2.81. The van der Waals surface area contributed by atoms with E-state index in [0.29, 0.717) is 25.1 Å². The van der Waals surface area contributed by atoms with Gasteiger partial charge in [0.25, 0.3) is 0 Å². The highest BCUT2D eigenvalue weighted by Crippen LogP contribution is 2.08. The summed E-state index contributed by atoms with van der Waals surface area (Å²) in [5.74, 6) is -0.449. The highest BCUT2D eigenvalue weighted by Gasteiger charge is 2.01. The molecule has 0 radical (unpaired) electrons. The van der Waals surface area contributed by atoms with Gasteiger partial charge in [0.2, 0.25) is 0 Å². The molecule has 1 rings (SSSR count). The van der Waals surface area contributed by atoms with E-state index in [9.17, 15) is 9.18 Å². The van der Waals surface area contributed by atoms with E-state index in [0.717, 1.165) is 5.56 Å². The summed E-state index contributed by atoms with van der Waals surface area (Å²) in [5.41, 5.74) is 1.51. The molecule has 0 spiro atoms. The predicted octanol–water partition coefficient (Wildman–Crippen LogP) is 1.79. The fourth-order valence-electron chi connectivity index (χ4n) is 1.27. The lowest BCUT2D eigenvalue weighted by Crippen LogP contribution is -2.18. The molecule has 0 aliphatic heterocycles. The van der Waals surface area contributed by atoms with Crippen LogP contribution in [-0.2, 0) is 16.1 Å². The molecule has 0 aliphatic rings. The summed E-state index contributed by atoms with van der Waals surface area (Å²) in [4.78, 5) is 10.8. The Morgan fingerprint density at radius 2 is 2.25 bits per heavy atom. The molecule has 16 heavy (non-hydrogen) atoms. The number of rotatable bonds is 5. The number of nitrogens with one attached hydrogen (secondary N) is 1. The number of benzene rings is 1. The van der Waals surface area contributed by atoms with Gasteiger partial charge in [-0.15, -0.1) is 0 Å². The van der Waals surface area contributed by atoms with Gasteiger partial charge in [0.05, 0.1) is 13.5 Å². The molecule has 0 saturated carbocycles. The molecule has 0 unspecified atom stereocenters. The van der Waals surface area contributed by atoms with Crippen LogP contribution in [0.5, 0.6) is 0 Å².